The van der Waals surface area contributed by atoms with Gasteiger partial charge in [-0.1, -0.05) is 35.5 Å². The van der Waals surface area contributed by atoms with Crippen LogP contribution in [0, 0.1) is 13.8 Å². The molecule has 6 heteroatoms. The second-order valence-corrected chi connectivity index (χ2v) is 5.64. The summed E-state index contributed by atoms with van der Waals surface area (Å²) in [7, 11) is 1.72. The van der Waals surface area contributed by atoms with E-state index in [2.05, 4.69) is 15.1 Å². The van der Waals surface area contributed by atoms with E-state index in [4.69, 9.17) is 4.52 Å². The molecule has 0 N–H and O–H groups in total. The molecule has 0 saturated carbocycles. The van der Waals surface area contributed by atoms with Gasteiger partial charge in [-0.05, 0) is 13.8 Å². The van der Waals surface area contributed by atoms with Gasteiger partial charge in [0.05, 0.1) is 23.5 Å². The number of amides is 1. The van der Waals surface area contributed by atoms with E-state index in [1.54, 1.807) is 18.1 Å². The molecule has 0 fully saturated rings. The van der Waals surface area contributed by atoms with E-state index in [9.17, 15) is 4.79 Å². The molecule has 0 saturated heterocycles. The van der Waals surface area contributed by atoms with Crippen LogP contribution in [0.4, 0.5) is 0 Å². The van der Waals surface area contributed by atoms with Crippen LogP contribution in [0.1, 0.15) is 27.6 Å². The molecule has 0 aliphatic carbocycles. The van der Waals surface area contributed by atoms with Crippen LogP contribution in [0.15, 0.2) is 47.1 Å². The van der Waals surface area contributed by atoms with Gasteiger partial charge in [-0.15, -0.1) is 0 Å². The quantitative estimate of drug-likeness (QED) is 0.738. The minimum atomic E-state index is -0.164. The van der Waals surface area contributed by atoms with Crippen LogP contribution in [0.3, 0.4) is 0 Å². The molecule has 0 atom stereocenters. The molecule has 1 amide bonds. The minimum absolute atomic E-state index is 0.164. The van der Waals surface area contributed by atoms with E-state index in [-0.39, 0.29) is 5.91 Å². The Morgan fingerprint density at radius 2 is 1.96 bits per heavy atom. The van der Waals surface area contributed by atoms with Crippen LogP contribution in [0.5, 0.6) is 0 Å². The van der Waals surface area contributed by atoms with Gasteiger partial charge in [-0.3, -0.25) is 4.79 Å². The lowest BCUT2D eigenvalue weighted by atomic mass is 10.1. The maximum absolute atomic E-state index is 12.8. The molecular formula is C18H18N4O2. The summed E-state index contributed by atoms with van der Waals surface area (Å²) in [4.78, 5) is 23.1. The maximum Gasteiger partial charge on any atom is 0.257 e. The highest BCUT2D eigenvalue weighted by Gasteiger charge is 2.20. The first-order valence-electron chi connectivity index (χ1n) is 7.61. The Bertz CT molecular complexity index is 858. The van der Waals surface area contributed by atoms with E-state index < -0.39 is 0 Å². The molecular weight excluding hydrogens is 304 g/mol. The molecule has 24 heavy (non-hydrogen) atoms. The number of carbonyl (C=O) groups is 1. The Kier molecular flexibility index (Phi) is 4.37. The van der Waals surface area contributed by atoms with E-state index >= 15 is 0 Å². The summed E-state index contributed by atoms with van der Waals surface area (Å²) in [5.74, 6) is 1.10. The molecule has 122 valence electrons. The number of aromatic nitrogens is 3. The van der Waals surface area contributed by atoms with Crippen LogP contribution in [0.25, 0.3) is 11.3 Å². The highest BCUT2D eigenvalue weighted by atomic mass is 16.5. The summed E-state index contributed by atoms with van der Waals surface area (Å²) in [6, 6.07) is 11.4. The number of nitrogens with zero attached hydrogens (tertiary/aromatic N) is 4. The lowest BCUT2D eigenvalue weighted by Gasteiger charge is -2.17. The molecule has 6 nitrogen and oxygen atoms in total. The third-order valence-corrected chi connectivity index (χ3v) is 3.60. The van der Waals surface area contributed by atoms with Gasteiger partial charge in [0.25, 0.3) is 5.91 Å². The largest absolute Gasteiger partial charge is 0.359 e. The molecule has 3 aromatic rings. The van der Waals surface area contributed by atoms with Crippen molar-refractivity contribution in [3.63, 3.8) is 0 Å². The van der Waals surface area contributed by atoms with Gasteiger partial charge in [-0.2, -0.15) is 0 Å². The van der Waals surface area contributed by atoms with Gasteiger partial charge in [0, 0.05) is 24.9 Å². The zero-order valence-corrected chi connectivity index (χ0v) is 13.9. The summed E-state index contributed by atoms with van der Waals surface area (Å²) in [5, 5.41) is 3.84. The van der Waals surface area contributed by atoms with Crippen LogP contribution in [-0.4, -0.2) is 33.0 Å². The van der Waals surface area contributed by atoms with Gasteiger partial charge in [0.15, 0.2) is 5.76 Å². The molecule has 0 radical (unpaired) electrons. The fourth-order valence-electron chi connectivity index (χ4n) is 2.44. The Labute approximate surface area is 140 Å². The Morgan fingerprint density at radius 3 is 2.62 bits per heavy atom. The zero-order valence-electron chi connectivity index (χ0n) is 13.9. The molecule has 0 aliphatic rings. The zero-order chi connectivity index (χ0) is 17.1. The first kappa shape index (κ1) is 15.9. The monoisotopic (exact) mass is 322 g/mol. The number of aryl methyl sites for hydroxylation is 2. The average Bonchev–Trinajstić information content (AvgIpc) is 3.00. The van der Waals surface area contributed by atoms with Crippen molar-refractivity contribution in [3.8, 4) is 11.3 Å². The lowest BCUT2D eigenvalue weighted by Crippen LogP contribution is -2.27. The number of rotatable bonds is 4. The topological polar surface area (TPSA) is 72.1 Å². The standard InChI is InChI=1S/C18H18N4O2/c1-12-9-15(24-21-12)11-22(3)18(23)16-10-19-13(2)20-17(16)14-7-5-4-6-8-14/h4-10H,11H2,1-3H3. The smallest absolute Gasteiger partial charge is 0.257 e. The Morgan fingerprint density at radius 1 is 1.21 bits per heavy atom. The Balaban J connectivity index is 1.92. The van der Waals surface area contributed by atoms with Crippen LogP contribution in [0.2, 0.25) is 0 Å². The summed E-state index contributed by atoms with van der Waals surface area (Å²) in [6.07, 6.45) is 1.58. The van der Waals surface area contributed by atoms with Crippen LogP contribution in [-0.2, 0) is 6.54 Å². The lowest BCUT2D eigenvalue weighted by molar-refractivity contribution is 0.0772. The Hall–Kier alpha value is -3.02. The van der Waals surface area contributed by atoms with Crippen LogP contribution < -0.4 is 0 Å². The minimum Gasteiger partial charge on any atom is -0.359 e. The van der Waals surface area contributed by atoms with Gasteiger partial charge < -0.3 is 9.42 Å². The molecule has 0 bridgehead atoms. The van der Waals surface area contributed by atoms with Crippen LogP contribution >= 0.6 is 0 Å². The van der Waals surface area contributed by atoms with Crippen molar-refractivity contribution in [3.05, 3.63) is 65.4 Å². The number of benzene rings is 1. The third kappa shape index (κ3) is 3.32. The second-order valence-electron chi connectivity index (χ2n) is 5.64. The van der Waals surface area contributed by atoms with Crippen molar-refractivity contribution >= 4 is 5.91 Å². The molecule has 0 spiro atoms. The highest BCUT2D eigenvalue weighted by molar-refractivity contribution is 5.99. The van der Waals surface area contributed by atoms with Gasteiger partial charge in [0.2, 0.25) is 0 Å². The summed E-state index contributed by atoms with van der Waals surface area (Å²) in [6.45, 7) is 3.99. The highest BCUT2D eigenvalue weighted by Crippen LogP contribution is 2.22. The molecule has 0 aliphatic heterocycles. The van der Waals surface area contributed by atoms with E-state index in [0.717, 1.165) is 11.3 Å². The fraction of sp³-hybridized carbons (Fsp3) is 0.222. The van der Waals surface area contributed by atoms with Crippen molar-refractivity contribution in [1.29, 1.82) is 0 Å². The number of hydrogen-bond donors (Lipinski definition) is 0. The first-order valence-corrected chi connectivity index (χ1v) is 7.61. The van der Waals surface area contributed by atoms with E-state index in [0.29, 0.717) is 29.4 Å². The molecule has 3 rings (SSSR count). The predicted molar refractivity (Wildman–Crippen MR) is 89.2 cm³/mol. The van der Waals surface area contributed by atoms with Crippen molar-refractivity contribution in [1.82, 2.24) is 20.0 Å². The maximum atomic E-state index is 12.8. The third-order valence-electron chi connectivity index (χ3n) is 3.60. The van der Waals surface area contributed by atoms with Gasteiger partial charge in [-0.25, -0.2) is 9.97 Å². The molecule has 2 heterocycles. The van der Waals surface area contributed by atoms with E-state index in [1.165, 1.54) is 0 Å². The number of hydrogen-bond acceptors (Lipinski definition) is 5. The first-order chi connectivity index (χ1) is 11.5. The second kappa shape index (κ2) is 6.62. The predicted octanol–water partition coefficient (Wildman–Crippen LogP) is 3.02. The summed E-state index contributed by atoms with van der Waals surface area (Å²) in [5.41, 5.74) is 2.77. The molecule has 1 aromatic carbocycles. The summed E-state index contributed by atoms with van der Waals surface area (Å²) < 4.78 is 5.18. The SMILES string of the molecule is Cc1cc(CN(C)C(=O)c2cnc(C)nc2-c2ccccc2)on1. The summed E-state index contributed by atoms with van der Waals surface area (Å²) >= 11 is 0. The van der Waals surface area contributed by atoms with E-state index in [1.807, 2.05) is 50.2 Å². The van der Waals surface area contributed by atoms with Crippen molar-refractivity contribution < 1.29 is 9.32 Å². The van der Waals surface area contributed by atoms with Gasteiger partial charge >= 0.3 is 0 Å². The average molecular weight is 322 g/mol. The molecule has 2 aromatic heterocycles. The normalized spacial score (nSPS) is 10.6. The van der Waals surface area contributed by atoms with Crippen molar-refractivity contribution in [2.24, 2.45) is 0 Å². The van der Waals surface area contributed by atoms with Crippen molar-refractivity contribution in [2.45, 2.75) is 20.4 Å². The van der Waals surface area contributed by atoms with Crippen molar-refractivity contribution in [2.75, 3.05) is 7.05 Å². The molecule has 0 unspecified atom stereocenters. The number of carbonyl (C=O) groups excluding carboxylic acids is 1. The fourth-order valence-corrected chi connectivity index (χ4v) is 2.44. The van der Waals surface area contributed by atoms with Gasteiger partial charge in [0.1, 0.15) is 5.82 Å².